The first-order valence-electron chi connectivity index (χ1n) is 8.94. The standard InChI is InChI=1S/C18H30N2.2Pr/c1-3-7-19-9-15-13-5-6-14(16(15)10-19)18-12-20(8-4-2)11-17(13)18;;/h5-6,13-18H,3-4,7-12H2,1-2H3;;. The van der Waals surface area contributed by atoms with Crippen LogP contribution >= 0.6 is 0 Å². The van der Waals surface area contributed by atoms with Crippen molar-refractivity contribution in [3.8, 4) is 0 Å². The van der Waals surface area contributed by atoms with Crippen molar-refractivity contribution in [3.05, 3.63) is 12.2 Å². The molecule has 2 aliphatic heterocycles. The summed E-state index contributed by atoms with van der Waals surface area (Å²) in [5.41, 5.74) is 0. The van der Waals surface area contributed by atoms with Crippen LogP contribution in [-0.2, 0) is 0 Å². The largest absolute Gasteiger partial charge is 0.303 e. The van der Waals surface area contributed by atoms with Gasteiger partial charge in [0.05, 0.1) is 0 Å². The molecule has 2 heterocycles. The second-order valence-electron chi connectivity index (χ2n) is 7.71. The van der Waals surface area contributed by atoms with Crippen molar-refractivity contribution in [2.75, 3.05) is 39.3 Å². The molecule has 0 aromatic carbocycles. The molecule has 3 fully saturated rings. The maximum atomic E-state index is 2.76. The SMILES string of the molecule is CCCN1CC2C3C=CC(C2C1)C1CN(CCC)CC31.[Pr].[Pr]. The van der Waals surface area contributed by atoms with Gasteiger partial charge in [0.25, 0.3) is 0 Å². The first kappa shape index (κ1) is 20.7. The normalized spacial score (nSPS) is 42.6. The van der Waals surface area contributed by atoms with Gasteiger partial charge in [0.1, 0.15) is 0 Å². The summed E-state index contributed by atoms with van der Waals surface area (Å²) < 4.78 is 0. The molecule has 2 nitrogen and oxygen atoms in total. The summed E-state index contributed by atoms with van der Waals surface area (Å²) >= 11 is 0. The smallest absolute Gasteiger partial charge is 0.00189 e. The minimum Gasteiger partial charge on any atom is -0.303 e. The van der Waals surface area contributed by atoms with Crippen molar-refractivity contribution in [2.24, 2.45) is 35.5 Å². The van der Waals surface area contributed by atoms with Gasteiger partial charge in [-0.3, -0.25) is 0 Å². The maximum Gasteiger partial charge on any atom is 0.00189 e. The van der Waals surface area contributed by atoms with E-state index in [4.69, 9.17) is 0 Å². The van der Waals surface area contributed by atoms with E-state index in [1.165, 1.54) is 52.1 Å². The summed E-state index contributed by atoms with van der Waals surface area (Å²) in [6.07, 6.45) is 7.88. The van der Waals surface area contributed by atoms with Gasteiger partial charge in [0.15, 0.2) is 0 Å². The van der Waals surface area contributed by atoms with Gasteiger partial charge in [0, 0.05) is 109 Å². The second kappa shape index (κ2) is 8.85. The second-order valence-corrected chi connectivity index (χ2v) is 7.71. The van der Waals surface area contributed by atoms with Crippen LogP contribution in [0.2, 0.25) is 0 Å². The van der Waals surface area contributed by atoms with Crippen LogP contribution in [0.5, 0.6) is 0 Å². The van der Waals surface area contributed by atoms with Crippen molar-refractivity contribution >= 4 is 0 Å². The van der Waals surface area contributed by atoms with Gasteiger partial charge in [0.2, 0.25) is 0 Å². The molecule has 0 amide bonds. The van der Waals surface area contributed by atoms with E-state index < -0.39 is 0 Å². The third kappa shape index (κ3) is 3.59. The molecule has 5 aliphatic rings. The zero-order valence-corrected chi connectivity index (χ0v) is 21.7. The maximum absolute atomic E-state index is 2.76. The predicted octanol–water partition coefficient (Wildman–Crippen LogP) is 2.72. The van der Waals surface area contributed by atoms with Gasteiger partial charge in [-0.2, -0.15) is 0 Å². The number of likely N-dealkylation sites (tertiary alicyclic amines) is 2. The van der Waals surface area contributed by atoms with E-state index in [1.807, 2.05) is 0 Å². The van der Waals surface area contributed by atoms with Crippen molar-refractivity contribution < 1.29 is 82.6 Å². The van der Waals surface area contributed by atoms with Gasteiger partial charge in [-0.25, -0.2) is 0 Å². The molecular weight excluding hydrogens is 526 g/mol. The van der Waals surface area contributed by atoms with Crippen LogP contribution in [-0.4, -0.2) is 49.1 Å². The molecule has 22 heavy (non-hydrogen) atoms. The molecule has 4 atom stereocenters. The third-order valence-corrected chi connectivity index (χ3v) is 6.59. The zero-order chi connectivity index (χ0) is 13.7. The van der Waals surface area contributed by atoms with E-state index in [1.54, 1.807) is 0 Å². The topological polar surface area (TPSA) is 6.48 Å². The van der Waals surface area contributed by atoms with Crippen molar-refractivity contribution in [2.45, 2.75) is 26.7 Å². The van der Waals surface area contributed by atoms with Gasteiger partial charge in [-0.1, -0.05) is 26.0 Å². The Morgan fingerprint density at radius 2 is 1.00 bits per heavy atom. The Bertz CT molecular complexity index is 341. The Hall–Kier alpha value is 2.39. The van der Waals surface area contributed by atoms with Crippen LogP contribution in [0.4, 0.5) is 0 Å². The van der Waals surface area contributed by atoms with Crippen LogP contribution in [0.3, 0.4) is 0 Å². The summed E-state index contributed by atoms with van der Waals surface area (Å²) in [6.45, 7) is 12.9. The number of hydrogen-bond donors (Lipinski definition) is 0. The molecule has 0 N–H and O–H groups in total. The van der Waals surface area contributed by atoms with E-state index in [0.29, 0.717) is 0 Å². The Labute approximate surface area is 203 Å². The van der Waals surface area contributed by atoms with Gasteiger partial charge in [-0.05, 0) is 61.4 Å². The monoisotopic (exact) mass is 556 g/mol. The Morgan fingerprint density at radius 3 is 1.27 bits per heavy atom. The van der Waals surface area contributed by atoms with Crippen molar-refractivity contribution in [1.82, 2.24) is 9.80 Å². The van der Waals surface area contributed by atoms with Crippen LogP contribution in [0, 0.1) is 118 Å². The summed E-state index contributed by atoms with van der Waals surface area (Å²) in [5.74, 6) is 5.75. The molecule has 4 heteroatoms. The fourth-order valence-corrected chi connectivity index (χ4v) is 5.97. The molecule has 1 saturated carbocycles. The van der Waals surface area contributed by atoms with Crippen LogP contribution in [0.1, 0.15) is 26.7 Å². The third-order valence-electron chi connectivity index (χ3n) is 6.59. The van der Waals surface area contributed by atoms with E-state index in [0.717, 1.165) is 35.5 Å². The van der Waals surface area contributed by atoms with Crippen LogP contribution in [0.15, 0.2) is 12.2 Å². The first-order chi connectivity index (χ1) is 9.81. The Morgan fingerprint density at radius 1 is 0.682 bits per heavy atom. The molecule has 2 bridgehead atoms. The van der Waals surface area contributed by atoms with Gasteiger partial charge >= 0.3 is 0 Å². The summed E-state index contributed by atoms with van der Waals surface area (Å²) in [4.78, 5) is 5.51. The fraction of sp³-hybridized carbons (Fsp3) is 0.889. The quantitative estimate of drug-likeness (QED) is 0.492. The molecule has 4 unspecified atom stereocenters. The van der Waals surface area contributed by atoms with Crippen LogP contribution < -0.4 is 0 Å². The first-order valence-corrected chi connectivity index (χ1v) is 8.94. The van der Waals surface area contributed by atoms with Crippen molar-refractivity contribution in [1.29, 1.82) is 0 Å². The summed E-state index contributed by atoms with van der Waals surface area (Å²) in [5, 5.41) is 0. The number of nitrogens with zero attached hydrogens (tertiary/aromatic N) is 2. The predicted molar refractivity (Wildman–Crippen MR) is 83.5 cm³/mol. The van der Waals surface area contributed by atoms with Gasteiger partial charge in [-0.15, -0.1) is 0 Å². The number of hydrogen-bond acceptors (Lipinski definition) is 2. The molecule has 0 spiro atoms. The minimum absolute atomic E-state index is 0. The molecule has 5 rings (SSSR count). The molecular formula is C18H30N2Pr2. The van der Waals surface area contributed by atoms with Crippen molar-refractivity contribution in [3.63, 3.8) is 0 Å². The molecule has 0 aromatic heterocycles. The van der Waals surface area contributed by atoms with E-state index >= 15 is 0 Å². The number of rotatable bonds is 4. The summed E-state index contributed by atoms with van der Waals surface area (Å²) in [7, 11) is 0. The van der Waals surface area contributed by atoms with Gasteiger partial charge < -0.3 is 9.80 Å². The minimum atomic E-state index is 0. The van der Waals surface area contributed by atoms with E-state index in [9.17, 15) is 0 Å². The Kier molecular flexibility index (Phi) is 8.33. The molecule has 2 radical (unpaired) electrons. The zero-order valence-electron chi connectivity index (χ0n) is 14.3. The average Bonchev–Trinajstić information content (AvgIpc) is 3.03. The van der Waals surface area contributed by atoms with E-state index in [-0.39, 0.29) is 82.6 Å². The summed E-state index contributed by atoms with van der Waals surface area (Å²) in [6, 6.07) is 0. The molecule has 3 aliphatic carbocycles. The fourth-order valence-electron chi connectivity index (χ4n) is 5.97. The number of allylic oxidation sites excluding steroid dienone is 2. The van der Waals surface area contributed by atoms with Crippen LogP contribution in [0.25, 0.3) is 0 Å². The average molecular weight is 556 g/mol. The Balaban J connectivity index is 0.000000882. The van der Waals surface area contributed by atoms with E-state index in [2.05, 4.69) is 35.8 Å². The molecule has 118 valence electrons. The molecule has 2 saturated heterocycles. The molecule has 0 aromatic rings.